The van der Waals surface area contributed by atoms with E-state index in [1.54, 1.807) is 6.20 Å². The number of pyridine rings is 1. The quantitative estimate of drug-likeness (QED) is 0.404. The summed E-state index contributed by atoms with van der Waals surface area (Å²) in [7, 11) is 0. The van der Waals surface area contributed by atoms with Gasteiger partial charge in [-0.25, -0.2) is 0 Å². The molecule has 0 saturated heterocycles. The minimum Gasteiger partial charge on any atom is -0.481 e. The molecule has 0 aliphatic heterocycles. The monoisotopic (exact) mass is 474 g/mol. The van der Waals surface area contributed by atoms with Crippen LogP contribution in [0.3, 0.4) is 0 Å². The molecule has 1 heterocycles. The fourth-order valence-corrected chi connectivity index (χ4v) is 4.28. The van der Waals surface area contributed by atoms with E-state index in [9.17, 15) is 19.5 Å². The smallest absolute Gasteiger partial charge is 0.305 e. The number of benzene rings is 2. The van der Waals surface area contributed by atoms with E-state index in [2.05, 4.69) is 5.32 Å². The van der Waals surface area contributed by atoms with Crippen molar-refractivity contribution in [3.05, 3.63) is 105 Å². The zero-order chi connectivity index (χ0) is 25.4. The van der Waals surface area contributed by atoms with Crippen LogP contribution in [0.5, 0.6) is 0 Å². The Morgan fingerprint density at radius 3 is 2.31 bits per heavy atom. The number of hydrogen-bond acceptors (Lipinski definition) is 3. The lowest BCUT2D eigenvalue weighted by atomic mass is 10.0. The molecular weight excluding hydrogens is 440 g/mol. The van der Waals surface area contributed by atoms with Crippen molar-refractivity contribution in [1.82, 2.24) is 9.88 Å². The van der Waals surface area contributed by atoms with Crippen LogP contribution >= 0.6 is 0 Å². The molecule has 35 heavy (non-hydrogen) atoms. The van der Waals surface area contributed by atoms with Crippen LogP contribution in [0.4, 0.5) is 0 Å². The Labute approximate surface area is 206 Å². The van der Waals surface area contributed by atoms with E-state index in [-0.39, 0.29) is 17.9 Å². The third-order valence-electron chi connectivity index (χ3n) is 6.14. The fraction of sp³-hybridized carbons (Fsp3) is 0.345. The molecule has 2 atom stereocenters. The average Bonchev–Trinajstić information content (AvgIpc) is 2.82. The fourth-order valence-electron chi connectivity index (χ4n) is 4.28. The van der Waals surface area contributed by atoms with Crippen LogP contribution in [0.25, 0.3) is 0 Å². The Kier molecular flexibility index (Phi) is 9.01. The highest BCUT2D eigenvalue weighted by Gasteiger charge is 2.26. The second-order valence-electron chi connectivity index (χ2n) is 9.15. The summed E-state index contributed by atoms with van der Waals surface area (Å²) in [6.45, 7) is 5.90. The summed E-state index contributed by atoms with van der Waals surface area (Å²) in [5.74, 6) is -1.34. The molecule has 1 amide bonds. The summed E-state index contributed by atoms with van der Waals surface area (Å²) < 4.78 is 1.53. The Hall–Kier alpha value is -3.67. The van der Waals surface area contributed by atoms with Gasteiger partial charge in [-0.3, -0.25) is 14.4 Å². The Morgan fingerprint density at radius 2 is 1.69 bits per heavy atom. The molecule has 0 fully saturated rings. The third-order valence-corrected chi connectivity index (χ3v) is 6.14. The van der Waals surface area contributed by atoms with Crippen molar-refractivity contribution in [3.8, 4) is 0 Å². The van der Waals surface area contributed by atoms with Crippen LogP contribution in [-0.4, -0.2) is 21.6 Å². The predicted octanol–water partition coefficient (Wildman–Crippen LogP) is 5.12. The molecule has 0 unspecified atom stereocenters. The van der Waals surface area contributed by atoms with Crippen LogP contribution < -0.4 is 10.9 Å². The largest absolute Gasteiger partial charge is 0.481 e. The second kappa shape index (κ2) is 12.2. The van der Waals surface area contributed by atoms with E-state index in [0.29, 0.717) is 18.4 Å². The van der Waals surface area contributed by atoms with Crippen LogP contribution in [0.1, 0.15) is 72.5 Å². The Balaban J connectivity index is 1.95. The third kappa shape index (κ3) is 7.15. The van der Waals surface area contributed by atoms with Crippen molar-refractivity contribution in [2.75, 3.05) is 0 Å². The molecule has 0 radical (unpaired) electrons. The number of aliphatic carboxylic acids is 1. The number of hydrogen-bond donors (Lipinski definition) is 2. The molecule has 3 rings (SSSR count). The van der Waals surface area contributed by atoms with Gasteiger partial charge >= 0.3 is 5.97 Å². The number of rotatable bonds is 11. The number of carbonyl (C=O) groups is 2. The molecule has 0 bridgehead atoms. The number of nitrogens with one attached hydrogen (secondary N) is 1. The highest BCUT2D eigenvalue weighted by atomic mass is 16.4. The lowest BCUT2D eigenvalue weighted by Gasteiger charge is -2.24. The minimum absolute atomic E-state index is 0.194. The zero-order valence-electron chi connectivity index (χ0n) is 20.7. The van der Waals surface area contributed by atoms with E-state index in [1.165, 1.54) is 4.57 Å². The summed E-state index contributed by atoms with van der Waals surface area (Å²) in [6.07, 6.45) is 4.10. The van der Waals surface area contributed by atoms with Crippen LogP contribution in [0.15, 0.2) is 71.7 Å². The maximum absolute atomic E-state index is 13.6. The van der Waals surface area contributed by atoms with Gasteiger partial charge in [-0.05, 0) is 43.0 Å². The molecule has 1 aromatic heterocycles. The van der Waals surface area contributed by atoms with Crippen molar-refractivity contribution in [3.63, 3.8) is 0 Å². The molecule has 6 nitrogen and oxygen atoms in total. The number of carbonyl (C=O) groups excluding carboxylic acids is 1. The molecule has 6 heteroatoms. The topological polar surface area (TPSA) is 88.4 Å². The zero-order valence-corrected chi connectivity index (χ0v) is 20.7. The lowest BCUT2D eigenvalue weighted by Crippen LogP contribution is -2.40. The molecule has 0 spiro atoms. The standard InChI is InChI=1S/C29H34N2O4/c1-4-5-11-26(28(34)30-25(18-27(32)33)23-14-12-20(2)13-15-23)31-19-21(3)16-24(29(31)35)17-22-9-7-6-8-10-22/h6-10,12-16,19,25-26H,4-5,11,17-18H2,1-3H3,(H,30,34)(H,32,33)/t25-,26+/m0/s1. The number of amides is 1. The van der Waals surface area contributed by atoms with Gasteiger partial charge in [0.1, 0.15) is 6.04 Å². The number of carboxylic acids is 1. The molecule has 0 saturated carbocycles. The maximum atomic E-state index is 13.6. The summed E-state index contributed by atoms with van der Waals surface area (Å²) in [6, 6.07) is 17.7. The normalized spacial score (nSPS) is 12.7. The summed E-state index contributed by atoms with van der Waals surface area (Å²) in [4.78, 5) is 38.6. The Morgan fingerprint density at radius 1 is 1.00 bits per heavy atom. The van der Waals surface area contributed by atoms with E-state index in [4.69, 9.17) is 0 Å². The van der Waals surface area contributed by atoms with Gasteiger partial charge in [-0.2, -0.15) is 0 Å². The van der Waals surface area contributed by atoms with Crippen molar-refractivity contribution < 1.29 is 14.7 Å². The van der Waals surface area contributed by atoms with Gasteiger partial charge < -0.3 is 15.0 Å². The number of nitrogens with zero attached hydrogens (tertiary/aromatic N) is 1. The van der Waals surface area contributed by atoms with E-state index in [1.807, 2.05) is 81.4 Å². The van der Waals surface area contributed by atoms with Crippen molar-refractivity contribution >= 4 is 11.9 Å². The summed E-state index contributed by atoms with van der Waals surface area (Å²) >= 11 is 0. The number of unbranched alkanes of at least 4 members (excludes halogenated alkanes) is 1. The highest BCUT2D eigenvalue weighted by molar-refractivity contribution is 5.81. The highest BCUT2D eigenvalue weighted by Crippen LogP contribution is 2.22. The first kappa shape index (κ1) is 25.9. The van der Waals surface area contributed by atoms with Gasteiger partial charge in [0, 0.05) is 18.2 Å². The van der Waals surface area contributed by atoms with Crippen molar-refractivity contribution in [1.29, 1.82) is 0 Å². The summed E-state index contributed by atoms with van der Waals surface area (Å²) in [5.41, 5.74) is 4.13. The molecule has 0 aliphatic rings. The molecule has 2 N–H and O–H groups in total. The SMILES string of the molecule is CCCC[C@H](C(=O)N[C@@H](CC(=O)O)c1ccc(C)cc1)n1cc(C)cc(Cc2ccccc2)c1=O. The number of aryl methyl sites for hydroxylation is 2. The van der Waals surface area contributed by atoms with Gasteiger partial charge in [0.2, 0.25) is 5.91 Å². The van der Waals surface area contributed by atoms with Crippen LogP contribution in [0, 0.1) is 13.8 Å². The first-order chi connectivity index (χ1) is 16.8. The average molecular weight is 475 g/mol. The first-order valence-electron chi connectivity index (χ1n) is 12.1. The summed E-state index contributed by atoms with van der Waals surface area (Å²) in [5, 5.41) is 12.4. The van der Waals surface area contributed by atoms with Crippen molar-refractivity contribution in [2.24, 2.45) is 0 Å². The maximum Gasteiger partial charge on any atom is 0.305 e. The van der Waals surface area contributed by atoms with Gasteiger partial charge in [-0.15, -0.1) is 0 Å². The van der Waals surface area contributed by atoms with Crippen LogP contribution in [-0.2, 0) is 16.0 Å². The van der Waals surface area contributed by atoms with Gasteiger partial charge in [0.15, 0.2) is 0 Å². The second-order valence-corrected chi connectivity index (χ2v) is 9.15. The van der Waals surface area contributed by atoms with E-state index >= 15 is 0 Å². The predicted molar refractivity (Wildman–Crippen MR) is 138 cm³/mol. The Bertz CT molecular complexity index is 1200. The lowest BCUT2D eigenvalue weighted by molar-refractivity contribution is -0.137. The molecule has 184 valence electrons. The van der Waals surface area contributed by atoms with Gasteiger partial charge in [0.25, 0.3) is 5.56 Å². The molecular formula is C29H34N2O4. The number of aromatic nitrogens is 1. The van der Waals surface area contributed by atoms with Crippen molar-refractivity contribution in [2.45, 2.75) is 65.0 Å². The number of carboxylic acid groups (broad SMARTS) is 1. The first-order valence-corrected chi connectivity index (χ1v) is 12.1. The molecule has 3 aromatic rings. The van der Waals surface area contributed by atoms with E-state index < -0.39 is 18.1 Å². The molecule has 0 aliphatic carbocycles. The van der Waals surface area contributed by atoms with E-state index in [0.717, 1.165) is 35.1 Å². The van der Waals surface area contributed by atoms with Gasteiger partial charge in [0.05, 0.1) is 12.5 Å². The molecule has 2 aromatic carbocycles. The minimum atomic E-state index is -1.00. The van der Waals surface area contributed by atoms with Gasteiger partial charge in [-0.1, -0.05) is 79.9 Å². The van der Waals surface area contributed by atoms with Crippen LogP contribution in [0.2, 0.25) is 0 Å².